The molecule has 7 atom stereocenters. The van der Waals surface area contributed by atoms with Crippen molar-refractivity contribution in [2.75, 3.05) is 78.4 Å². The van der Waals surface area contributed by atoms with Crippen LogP contribution in [0.3, 0.4) is 0 Å². The predicted octanol–water partition coefficient (Wildman–Crippen LogP) is 8.68. The highest BCUT2D eigenvalue weighted by atomic mass is 32.2. The molecular weight excluding hydrogens is 901 g/mol. The van der Waals surface area contributed by atoms with Crippen molar-refractivity contribution < 1.29 is 58.1 Å². The molecular formula is C54H72N2O12S. The Morgan fingerprint density at radius 1 is 0.884 bits per heavy atom. The standard InChI is InChI=1S/C54H72N2O12S/c1-2-28-66-54-49(56(24-30-61-31-27-59)53(60)65-33-32-62-39-40-15-5-3-6-16-40)38-47(55-68-50-21-11-14-29-64-50)45-36-41(17-9-12-25-57)44(20-10-13-26-58)51(52(45)54)46-37-42(22-23-48(46)67-54)63-34-35-69-43-18-7-4-8-19-43/h2-8,15-16,18-19,22-23,36-37,41,44,49-52,57-59H,1,9-14,17,20-21,24-35,38-39H2. The number of hydrogen-bond donors (Lipinski definition) is 3. The zero-order valence-electron chi connectivity index (χ0n) is 39.9. The number of allylic oxidation sites excluding steroid dienone is 1. The van der Waals surface area contributed by atoms with E-state index < -0.39 is 30.1 Å². The summed E-state index contributed by atoms with van der Waals surface area (Å²) in [5.74, 6) is -0.107. The number of benzene rings is 3. The molecule has 2 fully saturated rings. The van der Waals surface area contributed by atoms with E-state index in [1.54, 1.807) is 22.7 Å². The zero-order chi connectivity index (χ0) is 48.1. The van der Waals surface area contributed by atoms with E-state index in [-0.39, 0.29) is 83.6 Å². The molecule has 3 aromatic carbocycles. The minimum atomic E-state index is -1.50. The summed E-state index contributed by atoms with van der Waals surface area (Å²) < 4.78 is 44.8. The van der Waals surface area contributed by atoms with E-state index in [1.807, 2.05) is 60.7 Å². The Labute approximate surface area is 411 Å². The molecule has 1 saturated carbocycles. The Balaban J connectivity index is 1.31. The summed E-state index contributed by atoms with van der Waals surface area (Å²) in [6, 6.07) is 25.2. The third-order valence-electron chi connectivity index (χ3n) is 13.3. The number of aliphatic hydroxyl groups excluding tert-OH is 3. The number of oxime groups is 1. The zero-order valence-corrected chi connectivity index (χ0v) is 40.7. The van der Waals surface area contributed by atoms with Crippen LogP contribution in [0, 0.1) is 17.8 Å². The van der Waals surface area contributed by atoms with Crippen molar-refractivity contribution >= 4 is 23.6 Å². The van der Waals surface area contributed by atoms with Crippen LogP contribution in [-0.4, -0.2) is 129 Å². The average Bonchev–Trinajstić information content (AvgIpc) is 3.38. The first-order valence-electron chi connectivity index (χ1n) is 24.9. The number of aliphatic hydroxyl groups is 3. The van der Waals surface area contributed by atoms with E-state index in [2.05, 4.69) is 30.9 Å². The molecule has 2 heterocycles. The van der Waals surface area contributed by atoms with E-state index in [4.69, 9.17) is 43.2 Å². The lowest BCUT2D eigenvalue weighted by Crippen LogP contribution is -2.70. The van der Waals surface area contributed by atoms with Crippen molar-refractivity contribution in [3.63, 3.8) is 0 Å². The van der Waals surface area contributed by atoms with Gasteiger partial charge in [-0.05, 0) is 91.8 Å². The molecule has 0 bridgehead atoms. The van der Waals surface area contributed by atoms with Crippen LogP contribution < -0.4 is 9.47 Å². The van der Waals surface area contributed by atoms with Gasteiger partial charge in [0.1, 0.15) is 24.1 Å². The fourth-order valence-corrected chi connectivity index (χ4v) is 11.0. The molecule has 0 aromatic heterocycles. The minimum absolute atomic E-state index is 0.00798. The molecule has 1 saturated heterocycles. The molecule has 15 heteroatoms. The normalized spacial score (nSPS) is 24.3. The first-order chi connectivity index (χ1) is 34.0. The first-order valence-corrected chi connectivity index (χ1v) is 25.9. The summed E-state index contributed by atoms with van der Waals surface area (Å²) in [4.78, 5) is 23.9. The van der Waals surface area contributed by atoms with Gasteiger partial charge in [-0.25, -0.2) is 4.79 Å². The van der Waals surface area contributed by atoms with E-state index in [9.17, 15) is 20.1 Å². The van der Waals surface area contributed by atoms with Crippen molar-refractivity contribution in [1.82, 2.24) is 4.90 Å². The highest BCUT2D eigenvalue weighted by molar-refractivity contribution is 7.99. The number of carbonyl (C=O) groups excluding carboxylic acids is 1. The van der Waals surface area contributed by atoms with Gasteiger partial charge in [0.15, 0.2) is 0 Å². The molecule has 69 heavy (non-hydrogen) atoms. The number of carbonyl (C=O) groups is 1. The van der Waals surface area contributed by atoms with Crippen molar-refractivity contribution in [3.8, 4) is 11.5 Å². The van der Waals surface area contributed by atoms with Gasteiger partial charge in [-0.15, -0.1) is 18.3 Å². The van der Waals surface area contributed by atoms with E-state index in [0.717, 1.165) is 61.0 Å². The maximum absolute atomic E-state index is 14.8. The molecule has 2 aliphatic carbocycles. The second kappa shape index (κ2) is 27.8. The van der Waals surface area contributed by atoms with Crippen molar-refractivity contribution in [2.24, 2.45) is 22.9 Å². The Bertz CT molecular complexity index is 2070. The molecule has 3 N–H and O–H groups in total. The van der Waals surface area contributed by atoms with Crippen LogP contribution in [0.15, 0.2) is 113 Å². The van der Waals surface area contributed by atoms with Crippen molar-refractivity contribution in [2.45, 2.75) is 99.7 Å². The summed E-state index contributed by atoms with van der Waals surface area (Å²) in [7, 11) is 0. The molecule has 3 aromatic rings. The molecule has 4 aliphatic rings. The molecule has 2 aliphatic heterocycles. The van der Waals surface area contributed by atoms with Crippen LogP contribution in [0.4, 0.5) is 4.79 Å². The topological polar surface area (TPSA) is 167 Å². The minimum Gasteiger partial charge on any atom is -0.493 e. The van der Waals surface area contributed by atoms with Gasteiger partial charge in [-0.1, -0.05) is 78.7 Å². The Kier molecular flexibility index (Phi) is 21.1. The molecule has 0 radical (unpaired) electrons. The van der Waals surface area contributed by atoms with Gasteiger partial charge in [-0.2, -0.15) is 0 Å². The van der Waals surface area contributed by atoms with Gasteiger partial charge >= 0.3 is 6.09 Å². The number of nitrogens with zero attached hydrogens (tertiary/aromatic N) is 2. The van der Waals surface area contributed by atoms with Crippen LogP contribution in [0.25, 0.3) is 0 Å². The number of unbranched alkanes of at least 4 members (excludes halogenated alkanes) is 2. The molecule has 1 amide bonds. The summed E-state index contributed by atoms with van der Waals surface area (Å²) in [5.41, 5.74) is 3.54. The van der Waals surface area contributed by atoms with Crippen LogP contribution in [0.5, 0.6) is 11.5 Å². The van der Waals surface area contributed by atoms with Crippen LogP contribution in [0.2, 0.25) is 0 Å². The number of fused-ring (bicyclic) bond motifs is 2. The average molecular weight is 973 g/mol. The Morgan fingerprint density at radius 2 is 1.68 bits per heavy atom. The fourth-order valence-electron chi connectivity index (χ4n) is 10.2. The molecule has 14 nitrogen and oxygen atoms in total. The highest BCUT2D eigenvalue weighted by Crippen LogP contribution is 2.62. The second-order valence-electron chi connectivity index (χ2n) is 17.9. The van der Waals surface area contributed by atoms with E-state index >= 15 is 0 Å². The smallest absolute Gasteiger partial charge is 0.410 e. The number of ether oxygens (including phenoxy) is 7. The van der Waals surface area contributed by atoms with E-state index in [0.29, 0.717) is 56.3 Å². The first kappa shape index (κ1) is 52.4. The number of rotatable bonds is 29. The summed E-state index contributed by atoms with van der Waals surface area (Å²) in [6.45, 7) is 6.02. The van der Waals surface area contributed by atoms with Gasteiger partial charge in [-0.3, -0.25) is 4.90 Å². The van der Waals surface area contributed by atoms with Crippen LogP contribution in [-0.2, 0) is 35.1 Å². The van der Waals surface area contributed by atoms with Gasteiger partial charge in [0.05, 0.1) is 64.5 Å². The fraction of sp³-hybridized carbons (Fsp3) is 0.556. The SMILES string of the molecule is C=CCOC12Oc3ccc(OCCSc4ccccc4)cc3C3C(CCCCO)C(CCCCO)C=C(C(=NOC4CCCCO4)CC1N(CCOCCO)C(=O)OCCOCc1ccccc1)C32. The predicted molar refractivity (Wildman–Crippen MR) is 264 cm³/mol. The molecule has 7 unspecified atom stereocenters. The third kappa shape index (κ3) is 14.1. The van der Waals surface area contributed by atoms with E-state index in [1.165, 1.54) is 4.90 Å². The monoisotopic (exact) mass is 972 g/mol. The maximum atomic E-state index is 14.8. The lowest BCUT2D eigenvalue weighted by atomic mass is 9.55. The van der Waals surface area contributed by atoms with Crippen molar-refractivity contribution in [3.05, 3.63) is 114 Å². The summed E-state index contributed by atoms with van der Waals surface area (Å²) in [6.07, 6.45) is 10.2. The Hall–Kier alpha value is -4.45. The lowest BCUT2D eigenvalue weighted by molar-refractivity contribution is -0.256. The second-order valence-corrected chi connectivity index (χ2v) is 19.0. The summed E-state index contributed by atoms with van der Waals surface area (Å²) in [5, 5.41) is 34.6. The highest BCUT2D eigenvalue weighted by Gasteiger charge is 2.65. The van der Waals surface area contributed by atoms with Gasteiger partial charge in [0.2, 0.25) is 12.1 Å². The third-order valence-corrected chi connectivity index (χ3v) is 14.3. The summed E-state index contributed by atoms with van der Waals surface area (Å²) >= 11 is 1.74. The van der Waals surface area contributed by atoms with Crippen molar-refractivity contribution in [1.29, 1.82) is 0 Å². The molecule has 0 spiro atoms. The van der Waals surface area contributed by atoms with Crippen LogP contribution >= 0.6 is 11.8 Å². The number of hydrogen-bond acceptors (Lipinski definition) is 14. The maximum Gasteiger partial charge on any atom is 0.410 e. The van der Waals surface area contributed by atoms with Crippen LogP contribution in [0.1, 0.15) is 81.3 Å². The number of thioether (sulfide) groups is 1. The Morgan fingerprint density at radius 3 is 2.43 bits per heavy atom. The van der Waals surface area contributed by atoms with Gasteiger partial charge in [0.25, 0.3) is 0 Å². The van der Waals surface area contributed by atoms with Gasteiger partial charge < -0.3 is 53.3 Å². The lowest BCUT2D eigenvalue weighted by Gasteiger charge is -2.59. The molecule has 7 rings (SSSR count). The number of amides is 1. The molecule has 376 valence electrons. The van der Waals surface area contributed by atoms with Gasteiger partial charge in [0, 0.05) is 54.7 Å². The largest absolute Gasteiger partial charge is 0.493 e. The quantitative estimate of drug-likeness (QED) is 0.0262.